The van der Waals surface area contributed by atoms with Gasteiger partial charge in [-0.15, -0.1) is 0 Å². The van der Waals surface area contributed by atoms with E-state index in [0.717, 1.165) is 5.03 Å². The lowest BCUT2D eigenvalue weighted by Gasteiger charge is -1.94. The molecule has 0 radical (unpaired) electrons. The van der Waals surface area contributed by atoms with E-state index in [1.165, 1.54) is 30.4 Å². The van der Waals surface area contributed by atoms with Crippen molar-refractivity contribution in [1.29, 1.82) is 0 Å². The van der Waals surface area contributed by atoms with Gasteiger partial charge in [-0.1, -0.05) is 17.2 Å². The summed E-state index contributed by atoms with van der Waals surface area (Å²) in [5, 5.41) is 1.02. The van der Waals surface area contributed by atoms with Crippen LogP contribution in [-0.2, 0) is 0 Å². The molecule has 2 aliphatic carbocycles. The van der Waals surface area contributed by atoms with Gasteiger partial charge in [-0.2, -0.15) is 0 Å². The van der Waals surface area contributed by atoms with Crippen LogP contribution in [0.1, 0.15) is 19.3 Å². The zero-order chi connectivity index (χ0) is 5.56. The Morgan fingerprint density at radius 3 is 2.50 bits per heavy atom. The normalized spacial score (nSPS) is 24.9. The molecule has 0 atom stereocenters. The average Bonchev–Trinajstić information content (AvgIpc) is 2.23. The summed E-state index contributed by atoms with van der Waals surface area (Å²) in [6.07, 6.45) is 5.79. The third-order valence-electron chi connectivity index (χ3n) is 1.86. The van der Waals surface area contributed by atoms with Gasteiger partial charge in [-0.3, -0.25) is 0 Å². The Balaban J connectivity index is 2.47. The second kappa shape index (κ2) is 1.38. The van der Waals surface area contributed by atoms with Gasteiger partial charge in [-0.25, -0.2) is 0 Å². The molecule has 0 aliphatic heterocycles. The summed E-state index contributed by atoms with van der Waals surface area (Å²) in [6.45, 7) is 0. The van der Waals surface area contributed by atoms with Gasteiger partial charge in [0.1, 0.15) is 0 Å². The van der Waals surface area contributed by atoms with Crippen LogP contribution in [0.15, 0.2) is 22.3 Å². The molecule has 0 nitrogen and oxygen atoms in total. The van der Waals surface area contributed by atoms with Crippen LogP contribution in [0.25, 0.3) is 0 Å². The number of rotatable bonds is 0. The minimum absolute atomic E-state index is 1.02. The Morgan fingerprint density at radius 2 is 2.25 bits per heavy atom. The molecule has 0 aromatic heterocycles. The van der Waals surface area contributed by atoms with E-state index in [1.807, 2.05) is 0 Å². The summed E-state index contributed by atoms with van der Waals surface area (Å²) in [5.41, 5.74) is 2.99. The Kier molecular flexibility index (Phi) is 0.800. The van der Waals surface area contributed by atoms with Crippen molar-refractivity contribution in [2.75, 3.05) is 0 Å². The Hall–Kier alpha value is -0.230. The third kappa shape index (κ3) is 0.467. The summed E-state index contributed by atoms with van der Waals surface area (Å²) in [6, 6.07) is 0. The van der Waals surface area contributed by atoms with E-state index in [1.54, 1.807) is 0 Å². The molecule has 0 aromatic carbocycles. The van der Waals surface area contributed by atoms with Gasteiger partial charge in [0.05, 0.1) is 0 Å². The van der Waals surface area contributed by atoms with Crippen LogP contribution >= 0.6 is 11.6 Å². The molecule has 0 aromatic rings. The first-order valence-corrected chi connectivity index (χ1v) is 3.31. The van der Waals surface area contributed by atoms with Crippen molar-refractivity contribution in [3.05, 3.63) is 22.3 Å². The summed E-state index contributed by atoms with van der Waals surface area (Å²) >= 11 is 5.81. The second-order valence-electron chi connectivity index (χ2n) is 2.43. The molecular formula is C7H7Cl. The molecule has 42 valence electrons. The molecule has 1 heteroatoms. The van der Waals surface area contributed by atoms with Crippen LogP contribution in [0.4, 0.5) is 0 Å². The van der Waals surface area contributed by atoms with Crippen molar-refractivity contribution in [2.45, 2.75) is 19.3 Å². The fraction of sp³-hybridized carbons (Fsp3) is 0.429. The number of fused-ring (bicyclic) bond motifs is 2. The van der Waals surface area contributed by atoms with Gasteiger partial charge in [0.15, 0.2) is 0 Å². The first-order valence-electron chi connectivity index (χ1n) is 2.93. The van der Waals surface area contributed by atoms with Crippen molar-refractivity contribution in [1.82, 2.24) is 0 Å². The quantitative estimate of drug-likeness (QED) is 0.468. The fourth-order valence-corrected chi connectivity index (χ4v) is 1.69. The molecule has 2 rings (SSSR count). The number of allylic oxidation sites excluding steroid dienone is 4. The first-order chi connectivity index (χ1) is 3.86. The molecule has 8 heavy (non-hydrogen) atoms. The van der Waals surface area contributed by atoms with Crippen LogP contribution in [0.2, 0.25) is 0 Å². The summed E-state index contributed by atoms with van der Waals surface area (Å²) in [5.74, 6) is 0. The number of hydrogen-bond donors (Lipinski definition) is 0. The highest BCUT2D eigenvalue weighted by Gasteiger charge is 2.20. The molecule has 2 bridgehead atoms. The average molecular weight is 127 g/mol. The summed E-state index contributed by atoms with van der Waals surface area (Å²) in [7, 11) is 0. The standard InChI is InChI=1S/C7H7Cl/c8-7-4-5-1-2-6(7)3-5/h4H,1-3H2. The van der Waals surface area contributed by atoms with Gasteiger partial charge >= 0.3 is 0 Å². The van der Waals surface area contributed by atoms with Gasteiger partial charge in [0.25, 0.3) is 0 Å². The van der Waals surface area contributed by atoms with Gasteiger partial charge in [0.2, 0.25) is 0 Å². The summed E-state index contributed by atoms with van der Waals surface area (Å²) in [4.78, 5) is 0. The van der Waals surface area contributed by atoms with Crippen molar-refractivity contribution < 1.29 is 0 Å². The van der Waals surface area contributed by atoms with E-state index in [4.69, 9.17) is 11.6 Å². The van der Waals surface area contributed by atoms with E-state index < -0.39 is 0 Å². The van der Waals surface area contributed by atoms with Crippen molar-refractivity contribution in [3.63, 3.8) is 0 Å². The minimum atomic E-state index is 1.02. The molecule has 0 saturated heterocycles. The molecule has 1 fully saturated rings. The lowest BCUT2D eigenvalue weighted by Crippen LogP contribution is -1.74. The molecule has 0 amide bonds. The van der Waals surface area contributed by atoms with Crippen LogP contribution < -0.4 is 0 Å². The molecule has 0 heterocycles. The fourth-order valence-electron chi connectivity index (χ4n) is 1.37. The smallest absolute Gasteiger partial charge is 0.0401 e. The monoisotopic (exact) mass is 126 g/mol. The number of hydrogen-bond acceptors (Lipinski definition) is 0. The van der Waals surface area contributed by atoms with E-state index in [0.29, 0.717) is 0 Å². The molecular weight excluding hydrogens is 120 g/mol. The first kappa shape index (κ1) is 4.63. The maximum Gasteiger partial charge on any atom is 0.0401 e. The van der Waals surface area contributed by atoms with Gasteiger partial charge in [0, 0.05) is 5.03 Å². The van der Waals surface area contributed by atoms with Crippen LogP contribution in [0, 0.1) is 0 Å². The predicted molar refractivity (Wildman–Crippen MR) is 34.8 cm³/mol. The van der Waals surface area contributed by atoms with E-state index in [-0.39, 0.29) is 0 Å². The van der Waals surface area contributed by atoms with Crippen molar-refractivity contribution in [3.8, 4) is 0 Å². The van der Waals surface area contributed by atoms with E-state index in [2.05, 4.69) is 6.08 Å². The molecule has 2 aliphatic rings. The molecule has 0 N–H and O–H groups in total. The topological polar surface area (TPSA) is 0 Å². The van der Waals surface area contributed by atoms with Gasteiger partial charge < -0.3 is 0 Å². The third-order valence-corrected chi connectivity index (χ3v) is 2.23. The van der Waals surface area contributed by atoms with Crippen LogP contribution in [0.3, 0.4) is 0 Å². The van der Waals surface area contributed by atoms with E-state index >= 15 is 0 Å². The predicted octanol–water partition coefficient (Wildman–Crippen LogP) is 2.60. The van der Waals surface area contributed by atoms with E-state index in [9.17, 15) is 0 Å². The van der Waals surface area contributed by atoms with Crippen molar-refractivity contribution >= 4 is 11.6 Å². The zero-order valence-corrected chi connectivity index (χ0v) is 5.33. The largest absolute Gasteiger partial charge is 0.0844 e. The molecule has 1 saturated carbocycles. The Morgan fingerprint density at radius 1 is 1.38 bits per heavy atom. The Labute approximate surface area is 53.8 Å². The lowest BCUT2D eigenvalue weighted by molar-refractivity contribution is 1.03. The zero-order valence-electron chi connectivity index (χ0n) is 4.58. The van der Waals surface area contributed by atoms with Gasteiger partial charge in [-0.05, 0) is 30.9 Å². The summed E-state index contributed by atoms with van der Waals surface area (Å²) < 4.78 is 0. The SMILES string of the molecule is ClC1=C2CCC(=C1)C2. The lowest BCUT2D eigenvalue weighted by atomic mass is 10.2. The Bertz CT molecular complexity index is 187. The van der Waals surface area contributed by atoms with Crippen LogP contribution in [-0.4, -0.2) is 0 Å². The highest BCUT2D eigenvalue weighted by molar-refractivity contribution is 6.32. The maximum atomic E-state index is 5.81. The number of halogens is 1. The molecule has 0 spiro atoms. The highest BCUT2D eigenvalue weighted by Crippen LogP contribution is 2.40. The maximum absolute atomic E-state index is 5.81. The van der Waals surface area contributed by atoms with Crippen LogP contribution in [0.5, 0.6) is 0 Å². The minimum Gasteiger partial charge on any atom is -0.0844 e. The highest BCUT2D eigenvalue weighted by atomic mass is 35.5. The second-order valence-corrected chi connectivity index (χ2v) is 2.84. The molecule has 0 unspecified atom stereocenters. The van der Waals surface area contributed by atoms with Crippen molar-refractivity contribution in [2.24, 2.45) is 0 Å².